The van der Waals surface area contributed by atoms with Crippen molar-refractivity contribution in [3.8, 4) is 0 Å². The smallest absolute Gasteiger partial charge is 0.0780 e. The lowest BCUT2D eigenvalue weighted by atomic mass is 10.3. The Morgan fingerprint density at radius 2 is 1.62 bits per heavy atom. The van der Waals surface area contributed by atoms with Crippen LogP contribution in [0.5, 0.6) is 0 Å². The second kappa shape index (κ2) is 3.08. The maximum atomic E-state index is 2.23. The van der Waals surface area contributed by atoms with Crippen LogP contribution < -0.4 is 0 Å². The first-order valence-electron chi connectivity index (χ1n) is 3.36. The van der Waals surface area contributed by atoms with Crippen LogP contribution in [-0.4, -0.2) is 32.2 Å². The number of rotatable bonds is 3. The molecule has 0 aromatic carbocycles. The zero-order chi connectivity index (χ0) is 6.62. The Morgan fingerprint density at radius 1 is 1.12 bits per heavy atom. The van der Waals surface area contributed by atoms with E-state index in [1.165, 1.54) is 19.4 Å². The minimum absolute atomic E-state index is 1.10. The standard InChI is InChI=1S/C7H18N/c1-5-6-7-8(2,3)4/h5-7H2,1-4H3/q+1. The van der Waals surface area contributed by atoms with E-state index in [1.54, 1.807) is 0 Å². The fourth-order valence-corrected chi connectivity index (χ4v) is 0.632. The van der Waals surface area contributed by atoms with Crippen molar-refractivity contribution in [1.29, 1.82) is 0 Å². The van der Waals surface area contributed by atoms with Crippen LogP contribution in [0.15, 0.2) is 0 Å². The number of hydrogen-bond acceptors (Lipinski definition) is 0. The van der Waals surface area contributed by atoms with Gasteiger partial charge in [-0.15, -0.1) is 0 Å². The predicted molar refractivity (Wildman–Crippen MR) is 37.8 cm³/mol. The van der Waals surface area contributed by atoms with Gasteiger partial charge in [0.05, 0.1) is 27.7 Å². The molecule has 0 aliphatic heterocycles. The molecule has 0 fully saturated rings. The maximum Gasteiger partial charge on any atom is 0.0780 e. The van der Waals surface area contributed by atoms with Crippen molar-refractivity contribution in [2.45, 2.75) is 19.8 Å². The zero-order valence-electron chi connectivity index (χ0n) is 6.57. The molecule has 0 spiro atoms. The lowest BCUT2D eigenvalue weighted by Crippen LogP contribution is -2.35. The fourth-order valence-electron chi connectivity index (χ4n) is 0.632. The average Bonchev–Trinajstić information content (AvgIpc) is 1.59. The molecule has 0 aromatic heterocycles. The molecule has 0 unspecified atom stereocenters. The number of nitrogens with zero attached hydrogens (tertiary/aromatic N) is 1. The van der Waals surface area contributed by atoms with Crippen molar-refractivity contribution in [3.05, 3.63) is 0 Å². The highest BCUT2D eigenvalue weighted by atomic mass is 15.3. The summed E-state index contributed by atoms with van der Waals surface area (Å²) in [4.78, 5) is 0. The zero-order valence-corrected chi connectivity index (χ0v) is 6.57. The summed E-state index contributed by atoms with van der Waals surface area (Å²) >= 11 is 0. The number of quaternary nitrogens is 1. The SMILES string of the molecule is CCCC[N+](C)(C)C. The molecule has 0 rings (SSSR count). The van der Waals surface area contributed by atoms with Gasteiger partial charge in [0.25, 0.3) is 0 Å². The lowest BCUT2D eigenvalue weighted by Gasteiger charge is -2.23. The molecule has 1 nitrogen and oxygen atoms in total. The summed E-state index contributed by atoms with van der Waals surface area (Å²) in [5, 5.41) is 0. The third-order valence-corrected chi connectivity index (χ3v) is 1.18. The topological polar surface area (TPSA) is 0 Å². The number of unbranched alkanes of at least 4 members (excludes halogenated alkanes) is 1. The maximum absolute atomic E-state index is 2.23. The van der Waals surface area contributed by atoms with Gasteiger partial charge in [0.1, 0.15) is 0 Å². The van der Waals surface area contributed by atoms with Crippen LogP contribution in [0.1, 0.15) is 19.8 Å². The first kappa shape index (κ1) is 7.96. The van der Waals surface area contributed by atoms with E-state index in [0.717, 1.165) is 4.48 Å². The molecular formula is C7H18N+. The molecule has 0 saturated carbocycles. The van der Waals surface area contributed by atoms with Crippen LogP contribution in [0, 0.1) is 0 Å². The molecule has 0 amide bonds. The molecule has 0 bridgehead atoms. The van der Waals surface area contributed by atoms with Gasteiger partial charge < -0.3 is 4.48 Å². The van der Waals surface area contributed by atoms with Crippen molar-refractivity contribution in [3.63, 3.8) is 0 Å². The van der Waals surface area contributed by atoms with Gasteiger partial charge in [0.2, 0.25) is 0 Å². The summed E-state index contributed by atoms with van der Waals surface area (Å²) in [6.07, 6.45) is 2.67. The van der Waals surface area contributed by atoms with Crippen LogP contribution in [0.3, 0.4) is 0 Å². The van der Waals surface area contributed by atoms with Gasteiger partial charge in [-0.3, -0.25) is 0 Å². The largest absolute Gasteiger partial charge is 0.331 e. The molecule has 50 valence electrons. The van der Waals surface area contributed by atoms with E-state index in [2.05, 4.69) is 28.1 Å². The highest BCUT2D eigenvalue weighted by Crippen LogP contribution is 1.94. The van der Waals surface area contributed by atoms with E-state index < -0.39 is 0 Å². The number of hydrogen-bond donors (Lipinski definition) is 0. The molecule has 0 aromatic rings. The average molecular weight is 116 g/mol. The Balaban J connectivity index is 3.11. The Labute approximate surface area is 52.9 Å². The van der Waals surface area contributed by atoms with E-state index in [9.17, 15) is 0 Å². The summed E-state index contributed by atoms with van der Waals surface area (Å²) in [7, 11) is 6.70. The molecule has 0 atom stereocenters. The molecule has 0 saturated heterocycles. The Kier molecular flexibility index (Phi) is 3.06. The van der Waals surface area contributed by atoms with Crippen molar-refractivity contribution < 1.29 is 4.48 Å². The lowest BCUT2D eigenvalue weighted by molar-refractivity contribution is -0.870. The predicted octanol–water partition coefficient (Wildman–Crippen LogP) is 1.49. The van der Waals surface area contributed by atoms with E-state index in [-0.39, 0.29) is 0 Å². The summed E-state index contributed by atoms with van der Waals surface area (Å²) in [6, 6.07) is 0. The second-order valence-corrected chi connectivity index (χ2v) is 3.37. The molecule has 1 heteroatoms. The summed E-state index contributed by atoms with van der Waals surface area (Å²) in [5.74, 6) is 0. The molecular weight excluding hydrogens is 98.1 g/mol. The highest BCUT2D eigenvalue weighted by molar-refractivity contribution is 4.29. The second-order valence-electron chi connectivity index (χ2n) is 3.37. The molecule has 0 heterocycles. The van der Waals surface area contributed by atoms with E-state index in [1.807, 2.05) is 0 Å². The van der Waals surface area contributed by atoms with Crippen LogP contribution in [0.25, 0.3) is 0 Å². The summed E-state index contributed by atoms with van der Waals surface area (Å²) in [6.45, 7) is 3.53. The third kappa shape index (κ3) is 5.96. The normalized spacial score (nSPS) is 12.0. The first-order valence-corrected chi connectivity index (χ1v) is 3.36. The Bertz CT molecular complexity index is 51.9. The van der Waals surface area contributed by atoms with Gasteiger partial charge in [-0.2, -0.15) is 0 Å². The van der Waals surface area contributed by atoms with Crippen molar-refractivity contribution >= 4 is 0 Å². The van der Waals surface area contributed by atoms with E-state index in [0.29, 0.717) is 0 Å². The van der Waals surface area contributed by atoms with Crippen molar-refractivity contribution in [1.82, 2.24) is 0 Å². The first-order chi connectivity index (χ1) is 3.56. The van der Waals surface area contributed by atoms with Gasteiger partial charge in [0.15, 0.2) is 0 Å². The molecule has 8 heavy (non-hydrogen) atoms. The highest BCUT2D eigenvalue weighted by Gasteiger charge is 2.02. The van der Waals surface area contributed by atoms with Crippen LogP contribution in [0.2, 0.25) is 0 Å². The van der Waals surface area contributed by atoms with Crippen LogP contribution in [-0.2, 0) is 0 Å². The third-order valence-electron chi connectivity index (χ3n) is 1.18. The molecule has 0 radical (unpaired) electrons. The molecule has 0 aliphatic carbocycles. The summed E-state index contributed by atoms with van der Waals surface area (Å²) < 4.78 is 1.10. The molecule has 0 aliphatic rings. The van der Waals surface area contributed by atoms with Crippen LogP contribution >= 0.6 is 0 Å². The van der Waals surface area contributed by atoms with Crippen molar-refractivity contribution in [2.75, 3.05) is 27.7 Å². The van der Waals surface area contributed by atoms with E-state index >= 15 is 0 Å². The van der Waals surface area contributed by atoms with Crippen molar-refractivity contribution in [2.24, 2.45) is 0 Å². The van der Waals surface area contributed by atoms with Gasteiger partial charge in [-0.25, -0.2) is 0 Å². The minimum atomic E-state index is 1.10. The minimum Gasteiger partial charge on any atom is -0.331 e. The van der Waals surface area contributed by atoms with Gasteiger partial charge in [0, 0.05) is 0 Å². The summed E-state index contributed by atoms with van der Waals surface area (Å²) in [5.41, 5.74) is 0. The van der Waals surface area contributed by atoms with Crippen LogP contribution in [0.4, 0.5) is 0 Å². The Morgan fingerprint density at radius 3 is 1.75 bits per heavy atom. The van der Waals surface area contributed by atoms with Gasteiger partial charge in [-0.05, 0) is 6.42 Å². The molecule has 0 N–H and O–H groups in total. The van der Waals surface area contributed by atoms with E-state index in [4.69, 9.17) is 0 Å². The van der Waals surface area contributed by atoms with Gasteiger partial charge >= 0.3 is 0 Å². The quantitative estimate of drug-likeness (QED) is 0.490. The monoisotopic (exact) mass is 116 g/mol. The fraction of sp³-hybridized carbons (Fsp3) is 1.00. The Hall–Kier alpha value is -0.0400. The van der Waals surface area contributed by atoms with Gasteiger partial charge in [-0.1, -0.05) is 13.3 Å².